The molecule has 5 heterocycles. The Labute approximate surface area is 323 Å². The normalized spacial score (nSPS) is 15.8. The molecule has 286 valence electrons. The fraction of sp³-hybridized carbons (Fsp3) is 0.286. The van der Waals surface area contributed by atoms with E-state index in [1.54, 1.807) is 30.3 Å². The number of fused-ring (bicyclic) bond motifs is 3. The Morgan fingerprint density at radius 2 is 1.05 bits per heavy atom. The van der Waals surface area contributed by atoms with E-state index in [9.17, 15) is 28.0 Å². The van der Waals surface area contributed by atoms with Crippen molar-refractivity contribution in [3.8, 4) is 0 Å². The zero-order valence-corrected chi connectivity index (χ0v) is 31.1. The van der Waals surface area contributed by atoms with Crippen LogP contribution in [0.1, 0.15) is 67.1 Å². The first-order valence-corrected chi connectivity index (χ1v) is 18.3. The van der Waals surface area contributed by atoms with Gasteiger partial charge in [-0.3, -0.25) is 24.1 Å². The van der Waals surface area contributed by atoms with Crippen molar-refractivity contribution < 1.29 is 28.0 Å². The van der Waals surface area contributed by atoms with E-state index in [0.717, 1.165) is 78.6 Å². The Kier molecular flexibility index (Phi) is 12.3. The molecule has 0 spiro atoms. The first-order chi connectivity index (χ1) is 26.3. The number of hydrogen-bond donors (Lipinski definition) is 1. The molecule has 3 aromatic carbocycles. The van der Waals surface area contributed by atoms with Gasteiger partial charge in [0.2, 0.25) is 0 Å². The lowest BCUT2D eigenvalue weighted by Crippen LogP contribution is -2.32. The molecule has 0 saturated carbocycles. The predicted octanol–water partition coefficient (Wildman–Crippen LogP) is 7.14. The van der Waals surface area contributed by atoms with Gasteiger partial charge in [-0.2, -0.15) is 0 Å². The van der Waals surface area contributed by atoms with Gasteiger partial charge >= 0.3 is 0 Å². The molecule has 0 unspecified atom stereocenters. The Balaban J connectivity index is 0.000000196. The summed E-state index contributed by atoms with van der Waals surface area (Å²) in [4.78, 5) is 55.1. The van der Waals surface area contributed by atoms with Crippen LogP contribution < -0.4 is 5.73 Å². The molecule has 4 amide bonds. The minimum atomic E-state index is -0.410. The molecule has 0 radical (unpaired) electrons. The van der Waals surface area contributed by atoms with E-state index >= 15 is 0 Å². The molecule has 0 bridgehead atoms. The van der Waals surface area contributed by atoms with E-state index in [1.165, 1.54) is 0 Å². The molecule has 3 aliphatic rings. The molecule has 2 aromatic heterocycles. The largest absolute Gasteiger partial charge is 0.343 e. The van der Waals surface area contributed by atoms with Crippen molar-refractivity contribution in [3.05, 3.63) is 131 Å². The summed E-state index contributed by atoms with van der Waals surface area (Å²) in [6, 6.07) is 21.6. The topological polar surface area (TPSA) is 114 Å². The summed E-state index contributed by atoms with van der Waals surface area (Å²) in [5.74, 6) is -0.690. The minimum Gasteiger partial charge on any atom is -0.343 e. The van der Waals surface area contributed by atoms with E-state index in [-0.39, 0.29) is 43.9 Å². The van der Waals surface area contributed by atoms with Crippen LogP contribution in [0.5, 0.6) is 0 Å². The highest BCUT2D eigenvalue weighted by atomic mass is 35.5. The maximum Gasteiger partial charge on any atom is 0.261 e. The second-order valence-corrected chi connectivity index (χ2v) is 13.9. The number of amides is 4. The number of aromatic nitrogens is 2. The maximum atomic E-state index is 13.8. The quantitative estimate of drug-likeness (QED) is 0.160. The summed E-state index contributed by atoms with van der Waals surface area (Å²) in [7, 11) is 0. The molecule has 2 saturated heterocycles. The molecule has 10 nitrogen and oxygen atoms in total. The van der Waals surface area contributed by atoms with E-state index in [4.69, 9.17) is 5.73 Å². The zero-order chi connectivity index (χ0) is 37.8. The Morgan fingerprint density at radius 3 is 1.47 bits per heavy atom. The molecular weight excluding hydrogens is 726 g/mol. The summed E-state index contributed by atoms with van der Waals surface area (Å²) in [6.07, 6.45) is 8.99. The highest BCUT2D eigenvalue weighted by molar-refractivity contribution is 6.21. The molecule has 2 N–H and O–H groups in total. The number of nitrogens with zero attached hydrogens (tertiary/aromatic N) is 5. The number of carbonyl (C=O) groups excluding carboxylic acids is 4. The van der Waals surface area contributed by atoms with Gasteiger partial charge in [0.15, 0.2) is 0 Å². The van der Waals surface area contributed by atoms with Gasteiger partial charge in [0.05, 0.1) is 30.3 Å². The average Bonchev–Trinajstić information content (AvgIpc) is 4.07. The standard InChI is InChI=1S/C25H22FN3O3.C17H20FN3O.ClH/c26-14-17(16-29-24(31)20-5-1-2-6-21(20)25(29)32)15-28-12-9-18-13-19(7-8-22(18)28)23(30)27-10-3-4-11-27;18-10-13(11-19)12-21-8-5-14-9-15(3-4-16(14)21)17(22)20-6-1-2-7-20;/h1-2,5-9,12-14H,3-4,10-11,15-16H2;3-5,8-10H,1-2,6-7,11-12,19H2;1H/b17-14-;13-10+;. The number of imide groups is 1. The number of nitrogens with two attached hydrogens (primary N) is 1. The SMILES string of the molecule is Cl.NC/C(=C\F)Cn1ccc2cc(C(=O)N3CCCC3)ccc21.O=C(c1ccc2c(ccn2C/C(=C/F)CN2C(=O)c3ccccc3C2=O)c1)N1CCCC1. The van der Waals surface area contributed by atoms with Gasteiger partial charge in [-0.1, -0.05) is 12.1 Å². The second kappa shape index (κ2) is 17.3. The van der Waals surface area contributed by atoms with Crippen molar-refractivity contribution in [2.24, 2.45) is 5.73 Å². The summed E-state index contributed by atoms with van der Waals surface area (Å²) in [5.41, 5.74) is 10.2. The van der Waals surface area contributed by atoms with Crippen LogP contribution in [-0.2, 0) is 13.1 Å². The number of halogens is 3. The molecule has 3 aliphatic heterocycles. The number of benzene rings is 3. The van der Waals surface area contributed by atoms with Crippen molar-refractivity contribution in [1.29, 1.82) is 0 Å². The third-order valence-corrected chi connectivity index (χ3v) is 10.4. The van der Waals surface area contributed by atoms with Crippen LogP contribution in [-0.4, -0.2) is 86.7 Å². The number of hydrogen-bond acceptors (Lipinski definition) is 5. The summed E-state index contributed by atoms with van der Waals surface area (Å²) in [5, 5.41) is 1.87. The molecule has 2 fully saturated rings. The van der Waals surface area contributed by atoms with Crippen LogP contribution >= 0.6 is 12.4 Å². The summed E-state index contributed by atoms with van der Waals surface area (Å²) < 4.78 is 30.2. The van der Waals surface area contributed by atoms with Gasteiger partial charge in [-0.05, 0) is 97.5 Å². The van der Waals surface area contributed by atoms with Crippen LogP contribution in [0.15, 0.2) is 109 Å². The highest BCUT2D eigenvalue weighted by Crippen LogP contribution is 2.26. The molecular formula is C42H43ClF2N6O4. The molecule has 5 aromatic rings. The van der Waals surface area contributed by atoms with Gasteiger partial charge in [0.1, 0.15) is 0 Å². The van der Waals surface area contributed by atoms with Crippen LogP contribution in [0.2, 0.25) is 0 Å². The molecule has 0 atom stereocenters. The van der Waals surface area contributed by atoms with Crippen molar-refractivity contribution in [1.82, 2.24) is 23.8 Å². The number of likely N-dealkylation sites (tertiary alicyclic amines) is 2. The van der Waals surface area contributed by atoms with E-state index in [0.29, 0.717) is 52.6 Å². The Hall–Kier alpha value is -5.59. The lowest BCUT2D eigenvalue weighted by Gasteiger charge is -2.17. The predicted molar refractivity (Wildman–Crippen MR) is 211 cm³/mol. The van der Waals surface area contributed by atoms with Crippen molar-refractivity contribution in [2.45, 2.75) is 38.8 Å². The van der Waals surface area contributed by atoms with Gasteiger partial charge in [-0.15, -0.1) is 12.4 Å². The van der Waals surface area contributed by atoms with Crippen molar-refractivity contribution in [2.75, 3.05) is 39.3 Å². The van der Waals surface area contributed by atoms with Crippen molar-refractivity contribution >= 4 is 57.8 Å². The first-order valence-electron chi connectivity index (χ1n) is 18.3. The van der Waals surface area contributed by atoms with Gasteiger partial charge in [-0.25, -0.2) is 8.78 Å². The van der Waals surface area contributed by atoms with E-state index in [2.05, 4.69) is 0 Å². The third-order valence-electron chi connectivity index (χ3n) is 10.4. The van der Waals surface area contributed by atoms with Crippen LogP contribution in [0.25, 0.3) is 21.8 Å². The van der Waals surface area contributed by atoms with Crippen LogP contribution in [0, 0.1) is 0 Å². The smallest absolute Gasteiger partial charge is 0.261 e. The second-order valence-electron chi connectivity index (χ2n) is 13.9. The monoisotopic (exact) mass is 768 g/mol. The molecule has 0 aliphatic carbocycles. The summed E-state index contributed by atoms with van der Waals surface area (Å²) in [6.45, 7) is 3.97. The van der Waals surface area contributed by atoms with Crippen LogP contribution in [0.3, 0.4) is 0 Å². The van der Waals surface area contributed by atoms with Gasteiger partial charge < -0.3 is 24.7 Å². The Bertz CT molecular complexity index is 2270. The van der Waals surface area contributed by atoms with Gasteiger partial charge in [0, 0.05) is 91.1 Å². The van der Waals surface area contributed by atoms with Gasteiger partial charge in [0.25, 0.3) is 23.6 Å². The highest BCUT2D eigenvalue weighted by Gasteiger charge is 2.35. The lowest BCUT2D eigenvalue weighted by atomic mass is 10.1. The first kappa shape index (κ1) is 39.1. The fourth-order valence-electron chi connectivity index (χ4n) is 7.43. The molecule has 55 heavy (non-hydrogen) atoms. The summed E-state index contributed by atoms with van der Waals surface area (Å²) >= 11 is 0. The van der Waals surface area contributed by atoms with E-state index < -0.39 is 11.8 Å². The molecule has 13 heteroatoms. The zero-order valence-electron chi connectivity index (χ0n) is 30.3. The average molecular weight is 769 g/mol. The maximum absolute atomic E-state index is 13.8. The minimum absolute atomic E-state index is 0. The molecule has 8 rings (SSSR count). The van der Waals surface area contributed by atoms with E-state index in [1.807, 2.05) is 73.8 Å². The van der Waals surface area contributed by atoms with Crippen LogP contribution in [0.4, 0.5) is 8.78 Å². The van der Waals surface area contributed by atoms with Crippen molar-refractivity contribution in [3.63, 3.8) is 0 Å². The lowest BCUT2D eigenvalue weighted by molar-refractivity contribution is 0.0664. The third kappa shape index (κ3) is 8.11. The number of carbonyl (C=O) groups is 4. The fourth-order valence-corrected chi connectivity index (χ4v) is 7.43. The number of rotatable bonds is 9. The Morgan fingerprint density at radius 1 is 0.618 bits per heavy atom.